The first-order valence-electron chi connectivity index (χ1n) is 9.68. The van der Waals surface area contributed by atoms with E-state index < -0.39 is 0 Å². The second kappa shape index (κ2) is 7.15. The van der Waals surface area contributed by atoms with Crippen molar-refractivity contribution in [3.63, 3.8) is 0 Å². The Morgan fingerprint density at radius 2 is 1.88 bits per heavy atom. The van der Waals surface area contributed by atoms with Gasteiger partial charge in [-0.15, -0.1) is 0 Å². The van der Waals surface area contributed by atoms with Crippen LogP contribution in [-0.4, -0.2) is 15.7 Å². The zero-order chi connectivity index (χ0) is 18.1. The molecule has 3 rings (SSSR count). The molecule has 25 heavy (non-hydrogen) atoms. The Kier molecular flexibility index (Phi) is 5.12. The van der Waals surface area contributed by atoms with Crippen molar-refractivity contribution in [2.24, 2.45) is 11.8 Å². The normalized spacial score (nSPS) is 21.2. The van der Waals surface area contributed by atoms with Gasteiger partial charge >= 0.3 is 0 Å². The lowest BCUT2D eigenvalue weighted by Crippen LogP contribution is -2.21. The Hall–Kier alpha value is -1.90. The van der Waals surface area contributed by atoms with Crippen LogP contribution in [0.25, 0.3) is 11.3 Å². The third-order valence-corrected chi connectivity index (χ3v) is 5.80. The third kappa shape index (κ3) is 3.17. The van der Waals surface area contributed by atoms with Gasteiger partial charge in [-0.2, -0.15) is 9.78 Å². The summed E-state index contributed by atoms with van der Waals surface area (Å²) in [7, 11) is 0. The highest BCUT2D eigenvalue weighted by Gasteiger charge is 2.35. The van der Waals surface area contributed by atoms with Crippen molar-refractivity contribution in [2.45, 2.75) is 65.7 Å². The number of fused-ring (bicyclic) bond motifs is 1. The van der Waals surface area contributed by atoms with Gasteiger partial charge in [-0.3, -0.25) is 4.79 Å². The monoisotopic (exact) mass is 338 g/mol. The molecular weight excluding hydrogens is 308 g/mol. The first kappa shape index (κ1) is 17.9. The first-order chi connectivity index (χ1) is 12.0. The Morgan fingerprint density at radius 3 is 2.48 bits per heavy atom. The summed E-state index contributed by atoms with van der Waals surface area (Å²) in [6, 6.07) is 10.3. The number of hydrogen-bond acceptors (Lipinski definition) is 2. The molecule has 0 bridgehead atoms. The van der Waals surface area contributed by atoms with Crippen LogP contribution in [0.2, 0.25) is 0 Å². The molecule has 0 spiro atoms. The summed E-state index contributed by atoms with van der Waals surface area (Å²) in [4.78, 5) is 13.1. The van der Waals surface area contributed by atoms with E-state index in [1.807, 2.05) is 25.1 Å². The number of rotatable bonds is 4. The molecular formula is C22H30N2O. The number of hydrogen-bond donors (Lipinski definition) is 0. The Balaban J connectivity index is 2.25. The van der Waals surface area contributed by atoms with Crippen LogP contribution in [-0.2, 0) is 0 Å². The lowest BCUT2D eigenvalue weighted by atomic mass is 9.75. The Labute approximate surface area is 151 Å². The zero-order valence-electron chi connectivity index (χ0n) is 16.1. The van der Waals surface area contributed by atoms with Crippen LogP contribution >= 0.6 is 0 Å². The predicted molar refractivity (Wildman–Crippen MR) is 103 cm³/mol. The van der Waals surface area contributed by atoms with Crippen LogP contribution in [0.1, 0.15) is 81.8 Å². The topological polar surface area (TPSA) is 34.9 Å². The molecule has 0 saturated carbocycles. The van der Waals surface area contributed by atoms with E-state index in [9.17, 15) is 4.79 Å². The van der Waals surface area contributed by atoms with Gasteiger partial charge in [0.1, 0.15) is 0 Å². The summed E-state index contributed by atoms with van der Waals surface area (Å²) in [6.45, 7) is 10.9. The smallest absolute Gasteiger partial charge is 0.250 e. The summed E-state index contributed by atoms with van der Waals surface area (Å²) in [6.07, 6.45) is 3.16. The van der Waals surface area contributed by atoms with Crippen molar-refractivity contribution >= 4 is 5.91 Å². The summed E-state index contributed by atoms with van der Waals surface area (Å²) in [5.74, 6) is 1.53. The van der Waals surface area contributed by atoms with Crippen molar-refractivity contribution in [2.75, 3.05) is 0 Å². The van der Waals surface area contributed by atoms with Crippen molar-refractivity contribution < 1.29 is 4.79 Å². The molecule has 134 valence electrons. The van der Waals surface area contributed by atoms with Gasteiger partial charge in [-0.1, -0.05) is 65.0 Å². The maximum atomic E-state index is 13.1. The molecule has 0 aliphatic heterocycles. The molecule has 0 N–H and O–H groups in total. The van der Waals surface area contributed by atoms with Gasteiger partial charge < -0.3 is 0 Å². The second-order valence-electron chi connectivity index (χ2n) is 7.90. The van der Waals surface area contributed by atoms with E-state index >= 15 is 0 Å². The van der Waals surface area contributed by atoms with Crippen molar-refractivity contribution in [1.82, 2.24) is 9.78 Å². The highest BCUT2D eigenvalue weighted by Crippen LogP contribution is 2.46. The molecule has 3 atom stereocenters. The maximum Gasteiger partial charge on any atom is 0.250 e. The van der Waals surface area contributed by atoms with Gasteiger partial charge in [-0.25, -0.2) is 0 Å². The highest BCUT2D eigenvalue weighted by molar-refractivity contribution is 5.86. The van der Waals surface area contributed by atoms with E-state index in [2.05, 4.69) is 39.8 Å². The summed E-state index contributed by atoms with van der Waals surface area (Å²) in [5, 5.41) is 4.92. The fourth-order valence-electron chi connectivity index (χ4n) is 3.98. The largest absolute Gasteiger partial charge is 0.272 e. The molecule has 3 heteroatoms. The number of carbonyl (C=O) groups is 1. The van der Waals surface area contributed by atoms with Gasteiger partial charge in [0.2, 0.25) is 5.91 Å². The van der Waals surface area contributed by atoms with E-state index in [-0.39, 0.29) is 11.8 Å². The minimum absolute atomic E-state index is 0.0170. The summed E-state index contributed by atoms with van der Waals surface area (Å²) >= 11 is 0. The molecule has 1 heterocycles. The van der Waals surface area contributed by atoms with Gasteiger partial charge in [0.15, 0.2) is 0 Å². The van der Waals surface area contributed by atoms with Crippen molar-refractivity contribution in [1.29, 1.82) is 0 Å². The van der Waals surface area contributed by atoms with Gasteiger partial charge in [0, 0.05) is 23.0 Å². The number of carbonyl (C=O) groups excluding carboxylic acids is 1. The molecule has 0 saturated heterocycles. The Bertz CT molecular complexity index is 745. The standard InChI is InChI=1S/C22H30N2O/c1-6-15(4)22(25)24-21(17-10-8-7-9-11-17)19-16(5)12-13-18(14(2)3)20(19)23-24/h7-11,14-16,18H,6,12-13H2,1-5H3/t15-,16+,18+/m0/s1. The molecule has 0 fully saturated rings. The van der Waals surface area contributed by atoms with E-state index in [1.165, 1.54) is 12.0 Å². The molecule has 1 aromatic carbocycles. The van der Waals surface area contributed by atoms with E-state index in [1.54, 1.807) is 4.68 Å². The van der Waals surface area contributed by atoms with Crippen LogP contribution in [0.5, 0.6) is 0 Å². The first-order valence-corrected chi connectivity index (χ1v) is 9.68. The SMILES string of the molecule is CC[C@H](C)C(=O)n1nc2c(c1-c1ccccc1)[C@H](C)CC[C@@H]2C(C)C. The van der Waals surface area contributed by atoms with Gasteiger partial charge in [0.25, 0.3) is 0 Å². The molecule has 1 aliphatic rings. The zero-order valence-corrected chi connectivity index (χ0v) is 16.1. The van der Waals surface area contributed by atoms with Crippen molar-refractivity contribution in [3.8, 4) is 11.3 Å². The van der Waals surface area contributed by atoms with E-state index in [4.69, 9.17) is 5.10 Å². The lowest BCUT2D eigenvalue weighted by Gasteiger charge is -2.28. The van der Waals surface area contributed by atoms with E-state index in [0.29, 0.717) is 17.8 Å². The maximum absolute atomic E-state index is 13.1. The Morgan fingerprint density at radius 1 is 1.20 bits per heavy atom. The minimum Gasteiger partial charge on any atom is -0.272 e. The van der Waals surface area contributed by atoms with Crippen LogP contribution in [0.4, 0.5) is 0 Å². The van der Waals surface area contributed by atoms with Gasteiger partial charge in [0.05, 0.1) is 11.4 Å². The molecule has 0 radical (unpaired) electrons. The lowest BCUT2D eigenvalue weighted by molar-refractivity contribution is 0.0826. The fraction of sp³-hybridized carbons (Fsp3) is 0.545. The highest BCUT2D eigenvalue weighted by atomic mass is 16.2. The third-order valence-electron chi connectivity index (χ3n) is 5.80. The van der Waals surface area contributed by atoms with Crippen LogP contribution < -0.4 is 0 Å². The summed E-state index contributed by atoms with van der Waals surface area (Å²) in [5.41, 5.74) is 4.58. The van der Waals surface area contributed by atoms with Crippen LogP contribution in [0, 0.1) is 11.8 Å². The quantitative estimate of drug-likeness (QED) is 0.698. The molecule has 1 aliphatic carbocycles. The van der Waals surface area contributed by atoms with Crippen LogP contribution in [0.15, 0.2) is 30.3 Å². The fourth-order valence-corrected chi connectivity index (χ4v) is 3.98. The van der Waals surface area contributed by atoms with E-state index in [0.717, 1.165) is 29.8 Å². The minimum atomic E-state index is -0.0170. The number of benzene rings is 1. The second-order valence-corrected chi connectivity index (χ2v) is 7.90. The number of nitrogens with zero attached hydrogens (tertiary/aromatic N) is 2. The number of aromatic nitrogens is 2. The molecule has 0 unspecified atom stereocenters. The predicted octanol–water partition coefficient (Wildman–Crippen LogP) is 5.87. The molecule has 3 nitrogen and oxygen atoms in total. The van der Waals surface area contributed by atoms with Crippen molar-refractivity contribution in [3.05, 3.63) is 41.6 Å². The molecule has 0 amide bonds. The van der Waals surface area contributed by atoms with Crippen LogP contribution in [0.3, 0.4) is 0 Å². The molecule has 1 aromatic heterocycles. The molecule has 2 aromatic rings. The average molecular weight is 338 g/mol. The summed E-state index contributed by atoms with van der Waals surface area (Å²) < 4.78 is 1.73. The average Bonchev–Trinajstić information content (AvgIpc) is 3.02. The van der Waals surface area contributed by atoms with Gasteiger partial charge in [-0.05, 0) is 31.1 Å².